The highest BCUT2D eigenvalue weighted by Gasteiger charge is 2.17. The second kappa shape index (κ2) is 5.91. The fraction of sp³-hybridized carbons (Fsp3) is 0. The SMILES string of the molecule is Clc1nc2ccc3c4ccccc4ccc3c2c2c1sc1c3ccccc3ccc12. The summed E-state index contributed by atoms with van der Waals surface area (Å²) >= 11 is 8.45. The Kier molecular flexibility index (Phi) is 3.27. The van der Waals surface area contributed by atoms with Crippen LogP contribution in [0.5, 0.6) is 0 Å². The Hall–Kier alpha value is -3.20. The van der Waals surface area contributed by atoms with E-state index in [4.69, 9.17) is 16.6 Å². The predicted molar refractivity (Wildman–Crippen MR) is 132 cm³/mol. The Morgan fingerprint density at radius 1 is 0.533 bits per heavy atom. The van der Waals surface area contributed by atoms with Gasteiger partial charge in [-0.15, -0.1) is 11.3 Å². The Labute approximate surface area is 181 Å². The van der Waals surface area contributed by atoms with Crippen LogP contribution in [0.15, 0.2) is 84.9 Å². The lowest BCUT2D eigenvalue weighted by atomic mass is 9.96. The molecule has 30 heavy (non-hydrogen) atoms. The van der Waals surface area contributed by atoms with E-state index in [0.717, 1.165) is 10.2 Å². The van der Waals surface area contributed by atoms with Crippen molar-refractivity contribution in [2.45, 2.75) is 0 Å². The largest absolute Gasteiger partial charge is 0.235 e. The summed E-state index contributed by atoms with van der Waals surface area (Å²) in [4.78, 5) is 4.79. The Morgan fingerprint density at radius 2 is 1.20 bits per heavy atom. The van der Waals surface area contributed by atoms with Gasteiger partial charge in [-0.3, -0.25) is 0 Å². The first kappa shape index (κ1) is 16.6. The van der Waals surface area contributed by atoms with Crippen molar-refractivity contribution >= 4 is 86.3 Å². The van der Waals surface area contributed by atoms with Gasteiger partial charge < -0.3 is 0 Å². The van der Waals surface area contributed by atoms with E-state index in [1.165, 1.54) is 53.2 Å². The Morgan fingerprint density at radius 3 is 2.03 bits per heavy atom. The first-order chi connectivity index (χ1) is 14.8. The molecule has 0 radical (unpaired) electrons. The molecule has 2 aromatic heterocycles. The fourth-order valence-electron chi connectivity index (χ4n) is 4.81. The summed E-state index contributed by atoms with van der Waals surface area (Å²) in [6, 6.07) is 30.3. The molecule has 0 fully saturated rings. The Bertz CT molecular complexity index is 1810. The normalized spacial score (nSPS) is 12.2. The van der Waals surface area contributed by atoms with E-state index in [0.29, 0.717) is 5.15 Å². The molecule has 0 spiro atoms. The zero-order valence-electron chi connectivity index (χ0n) is 15.8. The first-order valence-electron chi connectivity index (χ1n) is 9.93. The Balaban J connectivity index is 1.79. The van der Waals surface area contributed by atoms with Crippen molar-refractivity contribution < 1.29 is 0 Å². The third-order valence-electron chi connectivity index (χ3n) is 6.14. The second-order valence-corrected chi connectivity index (χ2v) is 9.09. The van der Waals surface area contributed by atoms with Crippen LogP contribution in [0.4, 0.5) is 0 Å². The number of hydrogen-bond donors (Lipinski definition) is 0. The number of rotatable bonds is 0. The van der Waals surface area contributed by atoms with Crippen molar-refractivity contribution in [2.24, 2.45) is 0 Å². The molecular weight excluding hydrogens is 406 g/mol. The summed E-state index contributed by atoms with van der Waals surface area (Å²) in [6.45, 7) is 0. The van der Waals surface area contributed by atoms with Gasteiger partial charge in [0.1, 0.15) is 5.15 Å². The lowest BCUT2D eigenvalue weighted by Gasteiger charge is -2.09. The topological polar surface area (TPSA) is 12.9 Å². The van der Waals surface area contributed by atoms with Gasteiger partial charge in [0.05, 0.1) is 10.2 Å². The van der Waals surface area contributed by atoms with E-state index in [-0.39, 0.29) is 0 Å². The number of nitrogens with zero attached hydrogens (tertiary/aromatic N) is 1. The summed E-state index contributed by atoms with van der Waals surface area (Å²) in [7, 11) is 0. The van der Waals surface area contributed by atoms with Gasteiger partial charge in [0.2, 0.25) is 0 Å². The maximum Gasteiger partial charge on any atom is 0.147 e. The molecule has 0 aliphatic heterocycles. The third kappa shape index (κ3) is 2.10. The molecule has 0 atom stereocenters. The van der Waals surface area contributed by atoms with Crippen LogP contribution in [0, 0.1) is 0 Å². The molecule has 7 rings (SSSR count). The smallest absolute Gasteiger partial charge is 0.147 e. The van der Waals surface area contributed by atoms with Gasteiger partial charge in [0.25, 0.3) is 0 Å². The second-order valence-electron chi connectivity index (χ2n) is 7.71. The average Bonchev–Trinajstić information content (AvgIpc) is 3.19. The van der Waals surface area contributed by atoms with Gasteiger partial charge >= 0.3 is 0 Å². The number of aromatic nitrogens is 1. The number of thiophene rings is 1. The summed E-state index contributed by atoms with van der Waals surface area (Å²) in [5, 5.41) is 11.8. The van der Waals surface area contributed by atoms with Crippen LogP contribution in [-0.4, -0.2) is 4.98 Å². The minimum atomic E-state index is 0.586. The third-order valence-corrected chi connectivity index (χ3v) is 7.77. The molecule has 0 bridgehead atoms. The van der Waals surface area contributed by atoms with Gasteiger partial charge in [0, 0.05) is 20.9 Å². The highest BCUT2D eigenvalue weighted by Crippen LogP contribution is 2.45. The van der Waals surface area contributed by atoms with E-state index in [9.17, 15) is 0 Å². The molecule has 2 heterocycles. The van der Waals surface area contributed by atoms with Crippen molar-refractivity contribution in [1.82, 2.24) is 4.98 Å². The van der Waals surface area contributed by atoms with E-state index >= 15 is 0 Å². The van der Waals surface area contributed by atoms with Crippen molar-refractivity contribution in [3.05, 3.63) is 90.1 Å². The van der Waals surface area contributed by atoms with Crippen LogP contribution < -0.4 is 0 Å². The molecule has 0 amide bonds. The highest BCUT2D eigenvalue weighted by molar-refractivity contribution is 7.27. The van der Waals surface area contributed by atoms with E-state index in [1.807, 2.05) is 0 Å². The molecule has 7 aromatic rings. The highest BCUT2D eigenvalue weighted by atomic mass is 35.5. The van der Waals surface area contributed by atoms with Crippen LogP contribution in [0.25, 0.3) is 63.4 Å². The minimum Gasteiger partial charge on any atom is -0.235 e. The van der Waals surface area contributed by atoms with Crippen LogP contribution in [-0.2, 0) is 0 Å². The van der Waals surface area contributed by atoms with E-state index in [1.54, 1.807) is 11.3 Å². The number of pyridine rings is 1. The number of halogens is 1. The molecule has 0 saturated heterocycles. The van der Waals surface area contributed by atoms with Gasteiger partial charge in [-0.05, 0) is 38.4 Å². The van der Waals surface area contributed by atoms with Crippen LogP contribution >= 0.6 is 22.9 Å². The standard InChI is InChI=1S/C27H14ClNS/c28-27-26-24(21-12-10-16-6-2-4-8-18(16)25(21)30-26)23-20-11-9-15-5-1-3-7-17(15)19(20)13-14-22(23)29-27/h1-14H. The number of benzene rings is 5. The number of hydrogen-bond acceptors (Lipinski definition) is 2. The van der Waals surface area contributed by atoms with Crippen molar-refractivity contribution in [1.29, 1.82) is 0 Å². The van der Waals surface area contributed by atoms with Gasteiger partial charge in [0.15, 0.2) is 0 Å². The predicted octanol–water partition coefficient (Wildman–Crippen LogP) is 8.72. The lowest BCUT2D eigenvalue weighted by Crippen LogP contribution is -1.85. The van der Waals surface area contributed by atoms with Gasteiger partial charge in [-0.25, -0.2) is 4.98 Å². The first-order valence-corrected chi connectivity index (χ1v) is 11.1. The molecule has 5 aromatic carbocycles. The molecule has 3 heteroatoms. The molecule has 0 aliphatic rings. The van der Waals surface area contributed by atoms with Crippen LogP contribution in [0.1, 0.15) is 0 Å². The molecule has 0 unspecified atom stereocenters. The lowest BCUT2D eigenvalue weighted by molar-refractivity contribution is 1.46. The summed E-state index contributed by atoms with van der Waals surface area (Å²) in [6.07, 6.45) is 0. The van der Waals surface area contributed by atoms with Crippen LogP contribution in [0.3, 0.4) is 0 Å². The molecular formula is C27H14ClNS. The molecule has 0 N–H and O–H groups in total. The quantitative estimate of drug-likeness (QED) is 0.177. The molecule has 1 nitrogen and oxygen atoms in total. The van der Waals surface area contributed by atoms with Gasteiger partial charge in [-0.1, -0.05) is 90.5 Å². The molecule has 0 aliphatic carbocycles. The van der Waals surface area contributed by atoms with Crippen molar-refractivity contribution in [2.75, 3.05) is 0 Å². The minimum absolute atomic E-state index is 0.586. The summed E-state index contributed by atoms with van der Waals surface area (Å²) in [5.74, 6) is 0. The molecule has 0 saturated carbocycles. The number of fused-ring (bicyclic) bond motifs is 11. The van der Waals surface area contributed by atoms with E-state index in [2.05, 4.69) is 84.9 Å². The zero-order valence-corrected chi connectivity index (χ0v) is 17.4. The fourth-order valence-corrected chi connectivity index (χ4v) is 6.33. The summed E-state index contributed by atoms with van der Waals surface area (Å²) < 4.78 is 2.34. The zero-order chi connectivity index (χ0) is 19.8. The van der Waals surface area contributed by atoms with Crippen LogP contribution in [0.2, 0.25) is 5.15 Å². The van der Waals surface area contributed by atoms with Crippen molar-refractivity contribution in [3.8, 4) is 0 Å². The summed E-state index contributed by atoms with van der Waals surface area (Å²) in [5.41, 5.74) is 0.947. The maximum absolute atomic E-state index is 6.70. The monoisotopic (exact) mass is 419 g/mol. The molecule has 140 valence electrons. The maximum atomic E-state index is 6.70. The average molecular weight is 420 g/mol. The van der Waals surface area contributed by atoms with E-state index < -0.39 is 0 Å². The van der Waals surface area contributed by atoms with Crippen molar-refractivity contribution in [3.63, 3.8) is 0 Å². The van der Waals surface area contributed by atoms with Gasteiger partial charge in [-0.2, -0.15) is 0 Å².